The van der Waals surface area contributed by atoms with E-state index in [0.29, 0.717) is 0 Å². The quantitative estimate of drug-likeness (QED) is 0.505. The predicted octanol–water partition coefficient (Wildman–Crippen LogP) is 0.642. The first-order chi connectivity index (χ1) is 5.25. The van der Waals surface area contributed by atoms with E-state index in [1.807, 2.05) is 0 Å². The fourth-order valence-corrected chi connectivity index (χ4v) is 2.57. The molecule has 2 heteroatoms. The standard InChI is InChI=1S/C9H18N2/c1-10-4-3-9-5-8(6-10)7-11(9)2/h8-9H,3-7H2,1-2H3. The van der Waals surface area contributed by atoms with Crippen LogP contribution in [0.1, 0.15) is 12.8 Å². The van der Waals surface area contributed by atoms with Crippen LogP contribution < -0.4 is 0 Å². The number of likely N-dealkylation sites (tertiary alicyclic amines) is 2. The lowest BCUT2D eigenvalue weighted by atomic mass is 10.1. The fourth-order valence-electron chi connectivity index (χ4n) is 2.57. The molecule has 11 heavy (non-hydrogen) atoms. The summed E-state index contributed by atoms with van der Waals surface area (Å²) in [7, 11) is 4.52. The average Bonchev–Trinajstić information content (AvgIpc) is 2.13. The van der Waals surface area contributed by atoms with Gasteiger partial charge in [-0.1, -0.05) is 0 Å². The molecule has 2 nitrogen and oxygen atoms in total. The van der Waals surface area contributed by atoms with Crippen LogP contribution in [-0.2, 0) is 0 Å². The minimum Gasteiger partial charge on any atom is -0.306 e. The first kappa shape index (κ1) is 7.56. The lowest BCUT2D eigenvalue weighted by Gasteiger charge is -2.24. The summed E-state index contributed by atoms with van der Waals surface area (Å²) in [5, 5.41) is 0. The average molecular weight is 154 g/mol. The zero-order valence-electron chi connectivity index (χ0n) is 7.58. The highest BCUT2D eigenvalue weighted by Crippen LogP contribution is 2.27. The second-order valence-electron chi connectivity index (χ2n) is 4.25. The smallest absolute Gasteiger partial charge is 0.0108 e. The molecule has 0 aliphatic carbocycles. The highest BCUT2D eigenvalue weighted by molar-refractivity contribution is 4.87. The van der Waals surface area contributed by atoms with Gasteiger partial charge in [-0.15, -0.1) is 0 Å². The molecule has 2 heterocycles. The minimum atomic E-state index is 0.893. The highest BCUT2D eigenvalue weighted by atomic mass is 15.2. The summed E-state index contributed by atoms with van der Waals surface area (Å²) in [5.41, 5.74) is 0. The van der Waals surface area contributed by atoms with Gasteiger partial charge in [-0.2, -0.15) is 0 Å². The molecule has 2 aliphatic heterocycles. The van der Waals surface area contributed by atoms with Crippen molar-refractivity contribution in [1.29, 1.82) is 0 Å². The third kappa shape index (κ3) is 1.42. The Hall–Kier alpha value is -0.0800. The van der Waals surface area contributed by atoms with Gasteiger partial charge in [0.05, 0.1) is 0 Å². The van der Waals surface area contributed by atoms with Gasteiger partial charge in [-0.25, -0.2) is 0 Å². The van der Waals surface area contributed by atoms with Gasteiger partial charge in [0.25, 0.3) is 0 Å². The van der Waals surface area contributed by atoms with Crippen molar-refractivity contribution in [2.75, 3.05) is 33.7 Å². The van der Waals surface area contributed by atoms with E-state index in [4.69, 9.17) is 0 Å². The first-order valence-electron chi connectivity index (χ1n) is 4.64. The van der Waals surface area contributed by atoms with Crippen LogP contribution in [0.3, 0.4) is 0 Å². The molecule has 2 aliphatic rings. The molecule has 2 bridgehead atoms. The molecule has 0 saturated carbocycles. The van der Waals surface area contributed by atoms with Crippen LogP contribution in [0.25, 0.3) is 0 Å². The summed E-state index contributed by atoms with van der Waals surface area (Å²) < 4.78 is 0. The Balaban J connectivity index is 2.02. The Morgan fingerprint density at radius 2 is 2.00 bits per heavy atom. The van der Waals surface area contributed by atoms with Crippen LogP contribution in [0.15, 0.2) is 0 Å². The van der Waals surface area contributed by atoms with Crippen molar-refractivity contribution >= 4 is 0 Å². The summed E-state index contributed by atoms with van der Waals surface area (Å²) in [4.78, 5) is 5.02. The van der Waals surface area contributed by atoms with E-state index in [0.717, 1.165) is 12.0 Å². The maximum atomic E-state index is 2.54. The van der Waals surface area contributed by atoms with Crippen molar-refractivity contribution in [2.45, 2.75) is 18.9 Å². The lowest BCUT2D eigenvalue weighted by Crippen LogP contribution is -2.33. The third-order valence-corrected chi connectivity index (χ3v) is 3.19. The van der Waals surface area contributed by atoms with Crippen molar-refractivity contribution in [1.82, 2.24) is 9.80 Å². The van der Waals surface area contributed by atoms with E-state index < -0.39 is 0 Å². The predicted molar refractivity (Wildman–Crippen MR) is 46.6 cm³/mol. The van der Waals surface area contributed by atoms with E-state index >= 15 is 0 Å². The molecular weight excluding hydrogens is 136 g/mol. The molecule has 0 radical (unpaired) electrons. The van der Waals surface area contributed by atoms with Crippen LogP contribution in [0, 0.1) is 5.92 Å². The third-order valence-electron chi connectivity index (χ3n) is 3.19. The van der Waals surface area contributed by atoms with Crippen molar-refractivity contribution in [3.63, 3.8) is 0 Å². The van der Waals surface area contributed by atoms with Gasteiger partial charge >= 0.3 is 0 Å². The Labute approximate surface area is 69.2 Å². The van der Waals surface area contributed by atoms with Crippen molar-refractivity contribution < 1.29 is 0 Å². The Kier molecular flexibility index (Phi) is 1.90. The molecule has 2 fully saturated rings. The second-order valence-corrected chi connectivity index (χ2v) is 4.25. The molecule has 0 N–H and O–H groups in total. The van der Waals surface area contributed by atoms with E-state index in [2.05, 4.69) is 23.9 Å². The van der Waals surface area contributed by atoms with E-state index in [1.165, 1.54) is 32.5 Å². The zero-order valence-corrected chi connectivity index (χ0v) is 7.58. The largest absolute Gasteiger partial charge is 0.306 e. The summed E-state index contributed by atoms with van der Waals surface area (Å²) in [6.45, 7) is 3.95. The Morgan fingerprint density at radius 1 is 1.18 bits per heavy atom. The number of rotatable bonds is 0. The molecule has 2 atom stereocenters. The van der Waals surface area contributed by atoms with E-state index in [9.17, 15) is 0 Å². The van der Waals surface area contributed by atoms with Crippen LogP contribution in [0.2, 0.25) is 0 Å². The molecule has 2 saturated heterocycles. The van der Waals surface area contributed by atoms with Gasteiger partial charge in [0.1, 0.15) is 0 Å². The monoisotopic (exact) mass is 154 g/mol. The van der Waals surface area contributed by atoms with Gasteiger partial charge in [0.2, 0.25) is 0 Å². The topological polar surface area (TPSA) is 6.48 Å². The van der Waals surface area contributed by atoms with Gasteiger partial charge in [0, 0.05) is 19.1 Å². The second kappa shape index (κ2) is 2.76. The maximum absolute atomic E-state index is 2.54. The molecule has 0 aromatic rings. The fraction of sp³-hybridized carbons (Fsp3) is 1.00. The lowest BCUT2D eigenvalue weighted by molar-refractivity contribution is 0.222. The summed E-state index contributed by atoms with van der Waals surface area (Å²) >= 11 is 0. The Morgan fingerprint density at radius 3 is 2.82 bits per heavy atom. The number of hydrogen-bond acceptors (Lipinski definition) is 2. The SMILES string of the molecule is CN1CCC2CC(C1)CN2C. The molecular formula is C9H18N2. The maximum Gasteiger partial charge on any atom is 0.0108 e. The van der Waals surface area contributed by atoms with Crippen LogP contribution in [0.5, 0.6) is 0 Å². The van der Waals surface area contributed by atoms with Crippen LogP contribution in [-0.4, -0.2) is 49.6 Å². The zero-order chi connectivity index (χ0) is 7.84. The summed E-state index contributed by atoms with van der Waals surface area (Å²) in [6.07, 6.45) is 2.82. The number of nitrogens with zero attached hydrogens (tertiary/aromatic N) is 2. The Bertz CT molecular complexity index is 144. The number of fused-ring (bicyclic) bond motifs is 2. The van der Waals surface area contributed by atoms with Gasteiger partial charge in [0.15, 0.2) is 0 Å². The van der Waals surface area contributed by atoms with Gasteiger partial charge < -0.3 is 9.80 Å². The van der Waals surface area contributed by atoms with Gasteiger partial charge in [-0.05, 0) is 39.4 Å². The molecule has 2 unspecified atom stereocenters. The molecule has 0 aromatic carbocycles. The molecule has 0 amide bonds. The molecule has 2 rings (SSSR count). The highest BCUT2D eigenvalue weighted by Gasteiger charge is 2.32. The van der Waals surface area contributed by atoms with E-state index in [1.54, 1.807) is 0 Å². The van der Waals surface area contributed by atoms with E-state index in [-0.39, 0.29) is 0 Å². The molecule has 64 valence electrons. The van der Waals surface area contributed by atoms with Crippen molar-refractivity contribution in [2.24, 2.45) is 5.92 Å². The van der Waals surface area contributed by atoms with Crippen molar-refractivity contribution in [3.8, 4) is 0 Å². The van der Waals surface area contributed by atoms with Crippen molar-refractivity contribution in [3.05, 3.63) is 0 Å². The molecule has 0 aromatic heterocycles. The van der Waals surface area contributed by atoms with Gasteiger partial charge in [-0.3, -0.25) is 0 Å². The summed E-state index contributed by atoms with van der Waals surface area (Å²) in [6, 6.07) is 0.893. The minimum absolute atomic E-state index is 0.893. The molecule has 0 spiro atoms. The summed E-state index contributed by atoms with van der Waals surface area (Å²) in [5.74, 6) is 0.956. The van der Waals surface area contributed by atoms with Crippen LogP contribution in [0.4, 0.5) is 0 Å². The van der Waals surface area contributed by atoms with Crippen LogP contribution >= 0.6 is 0 Å². The normalized spacial score (nSPS) is 40.9. The first-order valence-corrected chi connectivity index (χ1v) is 4.64. The number of hydrogen-bond donors (Lipinski definition) is 0.